The van der Waals surface area contributed by atoms with Crippen molar-refractivity contribution in [3.8, 4) is 0 Å². The van der Waals surface area contributed by atoms with Gasteiger partial charge in [-0.05, 0) is 39.2 Å². The fourth-order valence-electron chi connectivity index (χ4n) is 1.80. The number of aliphatic hydroxyl groups is 1. The van der Waals surface area contributed by atoms with E-state index in [1.807, 2.05) is 0 Å². The van der Waals surface area contributed by atoms with Gasteiger partial charge < -0.3 is 10.4 Å². The van der Waals surface area contributed by atoms with Gasteiger partial charge in [-0.3, -0.25) is 0 Å². The van der Waals surface area contributed by atoms with Gasteiger partial charge in [0.05, 0.1) is 17.6 Å². The van der Waals surface area contributed by atoms with E-state index < -0.39 is 9.84 Å². The Kier molecular flexibility index (Phi) is 5.02. The van der Waals surface area contributed by atoms with Gasteiger partial charge >= 0.3 is 0 Å². The summed E-state index contributed by atoms with van der Waals surface area (Å²) in [5, 5.41) is 12.4. The topological polar surface area (TPSA) is 66.4 Å². The minimum absolute atomic E-state index is 0.237. The zero-order chi connectivity index (χ0) is 11.3. The van der Waals surface area contributed by atoms with Crippen molar-refractivity contribution in [2.24, 2.45) is 0 Å². The van der Waals surface area contributed by atoms with Crippen LogP contribution in [0.25, 0.3) is 0 Å². The molecule has 5 heteroatoms. The Morgan fingerprint density at radius 3 is 2.53 bits per heavy atom. The molecule has 1 heterocycles. The molecule has 0 bridgehead atoms. The normalized spacial score (nSPS) is 23.9. The highest BCUT2D eigenvalue weighted by Gasteiger charge is 2.22. The number of hydrogen-bond acceptors (Lipinski definition) is 4. The molecule has 1 atom stereocenters. The van der Waals surface area contributed by atoms with Crippen molar-refractivity contribution < 1.29 is 13.5 Å². The van der Waals surface area contributed by atoms with Crippen LogP contribution < -0.4 is 5.32 Å². The van der Waals surface area contributed by atoms with Crippen LogP contribution in [0.4, 0.5) is 0 Å². The van der Waals surface area contributed by atoms with E-state index in [0.717, 1.165) is 32.2 Å². The van der Waals surface area contributed by atoms with Gasteiger partial charge in [0.25, 0.3) is 0 Å². The van der Waals surface area contributed by atoms with E-state index in [9.17, 15) is 8.42 Å². The summed E-state index contributed by atoms with van der Waals surface area (Å²) in [4.78, 5) is 0. The molecule has 0 aliphatic carbocycles. The van der Waals surface area contributed by atoms with Crippen molar-refractivity contribution in [1.82, 2.24) is 5.32 Å². The summed E-state index contributed by atoms with van der Waals surface area (Å²) in [5.41, 5.74) is 0. The molecule has 1 aliphatic heterocycles. The van der Waals surface area contributed by atoms with E-state index in [-0.39, 0.29) is 6.10 Å². The van der Waals surface area contributed by atoms with Crippen molar-refractivity contribution in [1.29, 1.82) is 0 Å². The zero-order valence-electron chi connectivity index (χ0n) is 9.28. The summed E-state index contributed by atoms with van der Waals surface area (Å²) in [6.07, 6.45) is 2.98. The molecule has 2 N–H and O–H groups in total. The lowest BCUT2D eigenvalue weighted by Gasteiger charge is -2.23. The predicted molar refractivity (Wildman–Crippen MR) is 60.6 cm³/mol. The van der Waals surface area contributed by atoms with Crippen LogP contribution in [0, 0.1) is 0 Å². The average molecular weight is 235 g/mol. The first kappa shape index (κ1) is 12.9. The number of hydrogen-bond donors (Lipinski definition) is 2. The largest absolute Gasteiger partial charge is 0.393 e. The van der Waals surface area contributed by atoms with Crippen LogP contribution in [0.3, 0.4) is 0 Å². The van der Waals surface area contributed by atoms with Crippen LogP contribution in [0.2, 0.25) is 0 Å². The van der Waals surface area contributed by atoms with Crippen molar-refractivity contribution in [2.75, 3.05) is 18.1 Å². The van der Waals surface area contributed by atoms with Gasteiger partial charge in [-0.1, -0.05) is 0 Å². The third-order valence-electron chi connectivity index (χ3n) is 2.79. The smallest absolute Gasteiger partial charge is 0.150 e. The average Bonchev–Trinajstić information content (AvgIpc) is 2.14. The van der Waals surface area contributed by atoms with Gasteiger partial charge in [0.2, 0.25) is 0 Å². The molecule has 1 fully saturated rings. The molecule has 1 saturated heterocycles. The predicted octanol–water partition coefficient (Wildman–Crippen LogP) is 0.314. The minimum atomic E-state index is -2.74. The highest BCUT2D eigenvalue weighted by atomic mass is 32.2. The fraction of sp³-hybridized carbons (Fsp3) is 1.00. The van der Waals surface area contributed by atoms with Crippen LogP contribution in [0.5, 0.6) is 0 Å². The van der Waals surface area contributed by atoms with Gasteiger partial charge in [-0.25, -0.2) is 8.42 Å². The molecule has 0 aromatic rings. The molecule has 0 spiro atoms. The van der Waals surface area contributed by atoms with Gasteiger partial charge in [-0.15, -0.1) is 0 Å². The van der Waals surface area contributed by atoms with Crippen molar-refractivity contribution in [2.45, 2.75) is 44.8 Å². The summed E-state index contributed by atoms with van der Waals surface area (Å²) >= 11 is 0. The summed E-state index contributed by atoms with van der Waals surface area (Å²) < 4.78 is 22.3. The number of sulfone groups is 1. The van der Waals surface area contributed by atoms with E-state index in [1.54, 1.807) is 6.92 Å². The van der Waals surface area contributed by atoms with Gasteiger partial charge in [0.15, 0.2) is 0 Å². The lowest BCUT2D eigenvalue weighted by molar-refractivity contribution is 0.180. The second kappa shape index (κ2) is 5.82. The van der Waals surface area contributed by atoms with E-state index in [1.165, 1.54) is 0 Å². The molecule has 0 aromatic heterocycles. The maximum atomic E-state index is 11.2. The first-order valence-corrected chi connectivity index (χ1v) is 7.43. The molecule has 0 radical (unpaired) electrons. The second-order valence-corrected chi connectivity index (χ2v) is 6.68. The van der Waals surface area contributed by atoms with Gasteiger partial charge in [0, 0.05) is 6.04 Å². The minimum Gasteiger partial charge on any atom is -0.393 e. The molecule has 1 rings (SSSR count). The Morgan fingerprint density at radius 2 is 2.00 bits per heavy atom. The Morgan fingerprint density at radius 1 is 1.40 bits per heavy atom. The Hall–Kier alpha value is -0.130. The summed E-state index contributed by atoms with van der Waals surface area (Å²) in [6, 6.07) is 0.350. The van der Waals surface area contributed by atoms with Crippen molar-refractivity contribution in [3.05, 3.63) is 0 Å². The lowest BCUT2D eigenvalue weighted by Crippen LogP contribution is -2.38. The lowest BCUT2D eigenvalue weighted by atomic mass is 10.1. The third-order valence-corrected chi connectivity index (χ3v) is 4.50. The molecule has 4 nitrogen and oxygen atoms in total. The van der Waals surface area contributed by atoms with E-state index in [0.29, 0.717) is 17.5 Å². The Balaban J connectivity index is 2.09. The molecule has 15 heavy (non-hydrogen) atoms. The van der Waals surface area contributed by atoms with E-state index in [2.05, 4.69) is 5.32 Å². The second-order valence-electron chi connectivity index (χ2n) is 4.37. The van der Waals surface area contributed by atoms with Crippen molar-refractivity contribution in [3.63, 3.8) is 0 Å². The highest BCUT2D eigenvalue weighted by molar-refractivity contribution is 7.91. The van der Waals surface area contributed by atoms with Crippen LogP contribution >= 0.6 is 0 Å². The summed E-state index contributed by atoms with van der Waals surface area (Å²) in [5.74, 6) is 0.641. The van der Waals surface area contributed by atoms with E-state index >= 15 is 0 Å². The van der Waals surface area contributed by atoms with Crippen LogP contribution in [0.1, 0.15) is 32.6 Å². The number of nitrogens with one attached hydrogen (secondary N) is 1. The summed E-state index contributed by atoms with van der Waals surface area (Å²) in [6.45, 7) is 2.66. The molecule has 0 saturated carbocycles. The summed E-state index contributed by atoms with van der Waals surface area (Å²) in [7, 11) is -2.74. The first-order valence-electron chi connectivity index (χ1n) is 5.61. The van der Waals surface area contributed by atoms with Crippen molar-refractivity contribution >= 4 is 9.84 Å². The molecular formula is C10H21NO3S. The molecule has 0 aromatic carbocycles. The maximum Gasteiger partial charge on any atom is 0.150 e. The van der Waals surface area contributed by atoms with Crippen LogP contribution in [-0.4, -0.2) is 43.7 Å². The molecule has 0 amide bonds. The van der Waals surface area contributed by atoms with Gasteiger partial charge in [0.1, 0.15) is 9.84 Å². The highest BCUT2D eigenvalue weighted by Crippen LogP contribution is 2.12. The number of rotatable bonds is 5. The standard InChI is InChI=1S/C10H21NO3S/c1-9(12)3-2-6-11-10-4-7-15(13,14)8-5-10/h9-12H,2-8H2,1H3. The van der Waals surface area contributed by atoms with Gasteiger partial charge in [-0.2, -0.15) is 0 Å². The van der Waals surface area contributed by atoms with Crippen LogP contribution in [-0.2, 0) is 9.84 Å². The third kappa shape index (κ3) is 5.49. The zero-order valence-corrected chi connectivity index (χ0v) is 10.1. The Bertz CT molecular complexity index is 260. The molecular weight excluding hydrogens is 214 g/mol. The molecule has 1 unspecified atom stereocenters. The van der Waals surface area contributed by atoms with E-state index in [4.69, 9.17) is 5.11 Å². The Labute approximate surface area is 92.0 Å². The maximum absolute atomic E-state index is 11.2. The first-order chi connectivity index (χ1) is 6.99. The van der Waals surface area contributed by atoms with Crippen LogP contribution in [0.15, 0.2) is 0 Å². The fourth-order valence-corrected chi connectivity index (χ4v) is 3.29. The number of aliphatic hydroxyl groups excluding tert-OH is 1. The SMILES string of the molecule is CC(O)CCCNC1CCS(=O)(=O)CC1. The molecule has 1 aliphatic rings. The molecule has 90 valence electrons. The monoisotopic (exact) mass is 235 g/mol. The quantitative estimate of drug-likeness (QED) is 0.673.